The lowest BCUT2D eigenvalue weighted by Crippen LogP contribution is -2.33. The van der Waals surface area contributed by atoms with Crippen LogP contribution in [0.25, 0.3) is 0 Å². The fourth-order valence-corrected chi connectivity index (χ4v) is 1.62. The van der Waals surface area contributed by atoms with Crippen molar-refractivity contribution in [2.45, 2.75) is 39.4 Å². The van der Waals surface area contributed by atoms with Crippen LogP contribution in [0, 0.1) is 0 Å². The van der Waals surface area contributed by atoms with Gasteiger partial charge >= 0.3 is 11.9 Å². The average Bonchev–Trinajstić information content (AvgIpc) is 2.13. The molecule has 0 amide bonds. The lowest BCUT2D eigenvalue weighted by Gasteiger charge is -2.21. The number of carbonyl (C=O) groups excluding carboxylic acids is 1. The van der Waals surface area contributed by atoms with Gasteiger partial charge < -0.3 is 9.53 Å². The van der Waals surface area contributed by atoms with Crippen LogP contribution in [0.1, 0.15) is 20.3 Å². The summed E-state index contributed by atoms with van der Waals surface area (Å²) >= 11 is 0. The number of rotatable bonds is 5. The van der Waals surface area contributed by atoms with E-state index in [0.29, 0.717) is 6.42 Å². The molecule has 0 aliphatic carbocycles. The summed E-state index contributed by atoms with van der Waals surface area (Å²) in [6.45, 7) is 7.56. The molecular weight excluding hydrogens is 212 g/mol. The van der Waals surface area contributed by atoms with Crippen LogP contribution >= 0.6 is 0 Å². The smallest absolute Gasteiger partial charge is 0.328 e. The second kappa shape index (κ2) is 5.70. The molecule has 5 heteroatoms. The Morgan fingerprint density at radius 2 is 1.87 bits per heavy atom. The molecule has 0 unspecified atom stereocenters. The third-order valence-electron chi connectivity index (χ3n) is 2.16. The fourth-order valence-electron chi connectivity index (χ4n) is 0.843. The minimum absolute atomic E-state index is 0.219. The summed E-state index contributed by atoms with van der Waals surface area (Å²) in [7, 11) is -1.95. The fraction of sp³-hybridized carbons (Fsp3) is 0.600. The van der Waals surface area contributed by atoms with Crippen LogP contribution in [-0.2, 0) is 14.0 Å². The molecule has 0 bridgehead atoms. The van der Waals surface area contributed by atoms with Gasteiger partial charge in [0.2, 0.25) is 8.32 Å². The van der Waals surface area contributed by atoms with Crippen LogP contribution in [-0.4, -0.2) is 25.4 Å². The first-order valence-corrected chi connectivity index (χ1v) is 8.10. The Bertz CT molecular complexity index is 281. The van der Waals surface area contributed by atoms with Gasteiger partial charge in [0.05, 0.1) is 0 Å². The Morgan fingerprint density at radius 3 is 2.20 bits per heavy atom. The SMILES string of the molecule is CCC(=CC(=O)O)C(=O)O[Si](C)(C)CC. The van der Waals surface area contributed by atoms with Crippen LogP contribution in [0.5, 0.6) is 0 Å². The van der Waals surface area contributed by atoms with Gasteiger partial charge in [-0.25, -0.2) is 9.59 Å². The van der Waals surface area contributed by atoms with E-state index in [1.807, 2.05) is 20.0 Å². The molecule has 0 saturated heterocycles. The van der Waals surface area contributed by atoms with Crippen molar-refractivity contribution in [2.24, 2.45) is 0 Å². The maximum atomic E-state index is 11.6. The van der Waals surface area contributed by atoms with Gasteiger partial charge in [0, 0.05) is 11.6 Å². The minimum atomic E-state index is -1.95. The summed E-state index contributed by atoms with van der Waals surface area (Å²) in [5.41, 5.74) is 0.219. The van der Waals surface area contributed by atoms with Crippen molar-refractivity contribution < 1.29 is 19.1 Å². The molecule has 0 rings (SSSR count). The topological polar surface area (TPSA) is 63.6 Å². The molecular formula is C10H18O4Si. The zero-order valence-corrected chi connectivity index (χ0v) is 10.7. The molecule has 0 saturated carbocycles. The summed E-state index contributed by atoms with van der Waals surface area (Å²) in [5, 5.41) is 8.55. The largest absolute Gasteiger partial charge is 0.516 e. The highest BCUT2D eigenvalue weighted by Gasteiger charge is 2.25. The number of aliphatic carboxylic acids is 1. The first kappa shape index (κ1) is 13.9. The number of carboxylic acid groups (broad SMARTS) is 1. The van der Waals surface area contributed by atoms with Gasteiger partial charge in [-0.05, 0) is 25.6 Å². The molecule has 0 aromatic rings. The number of hydrogen-bond donors (Lipinski definition) is 1. The zero-order valence-electron chi connectivity index (χ0n) is 9.66. The first-order valence-electron chi connectivity index (χ1n) is 4.99. The quantitative estimate of drug-likeness (QED) is 0.581. The van der Waals surface area contributed by atoms with Gasteiger partial charge in [0.25, 0.3) is 0 Å². The van der Waals surface area contributed by atoms with E-state index in [-0.39, 0.29) is 5.57 Å². The van der Waals surface area contributed by atoms with Crippen LogP contribution < -0.4 is 0 Å². The van der Waals surface area contributed by atoms with Gasteiger partial charge in [-0.3, -0.25) is 0 Å². The summed E-state index contributed by atoms with van der Waals surface area (Å²) in [6, 6.07) is 0.822. The van der Waals surface area contributed by atoms with E-state index in [4.69, 9.17) is 9.53 Å². The van der Waals surface area contributed by atoms with E-state index < -0.39 is 20.3 Å². The van der Waals surface area contributed by atoms with Crippen molar-refractivity contribution in [2.75, 3.05) is 0 Å². The van der Waals surface area contributed by atoms with E-state index in [2.05, 4.69) is 0 Å². The predicted octanol–water partition coefficient (Wildman–Crippen LogP) is 2.18. The average molecular weight is 230 g/mol. The summed E-state index contributed by atoms with van der Waals surface area (Å²) in [4.78, 5) is 22.0. The molecule has 4 nitrogen and oxygen atoms in total. The van der Waals surface area contributed by atoms with Crippen molar-refractivity contribution in [1.82, 2.24) is 0 Å². The molecule has 86 valence electrons. The molecule has 0 aliphatic heterocycles. The van der Waals surface area contributed by atoms with E-state index in [1.54, 1.807) is 6.92 Å². The molecule has 0 aliphatic rings. The Labute approximate surface area is 91.1 Å². The van der Waals surface area contributed by atoms with E-state index >= 15 is 0 Å². The van der Waals surface area contributed by atoms with Crippen molar-refractivity contribution in [3.8, 4) is 0 Å². The minimum Gasteiger partial charge on any atom is -0.516 e. The summed E-state index contributed by atoms with van der Waals surface area (Å²) in [6.07, 6.45) is 1.29. The van der Waals surface area contributed by atoms with Crippen molar-refractivity contribution in [3.05, 3.63) is 11.6 Å². The second-order valence-electron chi connectivity index (χ2n) is 3.86. The highest BCUT2D eigenvalue weighted by molar-refractivity contribution is 6.72. The van der Waals surface area contributed by atoms with Gasteiger partial charge in [-0.1, -0.05) is 13.8 Å². The van der Waals surface area contributed by atoms with E-state index in [9.17, 15) is 9.59 Å². The molecule has 0 aromatic heterocycles. The predicted molar refractivity (Wildman–Crippen MR) is 60.1 cm³/mol. The number of hydrogen-bond acceptors (Lipinski definition) is 3. The van der Waals surface area contributed by atoms with E-state index in [1.165, 1.54) is 0 Å². The molecule has 0 fully saturated rings. The number of carboxylic acids is 1. The van der Waals surface area contributed by atoms with Gasteiger partial charge in [0.1, 0.15) is 0 Å². The van der Waals surface area contributed by atoms with E-state index in [0.717, 1.165) is 12.1 Å². The molecule has 0 heterocycles. The lowest BCUT2D eigenvalue weighted by molar-refractivity contribution is -0.134. The zero-order chi connectivity index (χ0) is 12.1. The Morgan fingerprint density at radius 1 is 1.33 bits per heavy atom. The molecule has 15 heavy (non-hydrogen) atoms. The van der Waals surface area contributed by atoms with Crippen molar-refractivity contribution in [1.29, 1.82) is 0 Å². The maximum Gasteiger partial charge on any atom is 0.328 e. The third-order valence-corrected chi connectivity index (χ3v) is 4.60. The summed E-state index contributed by atoms with van der Waals surface area (Å²) in [5.74, 6) is -1.60. The highest BCUT2D eigenvalue weighted by Crippen LogP contribution is 2.14. The monoisotopic (exact) mass is 230 g/mol. The molecule has 0 spiro atoms. The second-order valence-corrected chi connectivity index (χ2v) is 8.29. The molecule has 0 aromatic carbocycles. The van der Waals surface area contributed by atoms with Crippen molar-refractivity contribution in [3.63, 3.8) is 0 Å². The first-order chi connectivity index (χ1) is 6.82. The lowest BCUT2D eigenvalue weighted by atomic mass is 10.2. The molecule has 0 atom stereocenters. The van der Waals surface area contributed by atoms with Gasteiger partial charge in [-0.15, -0.1) is 0 Å². The van der Waals surface area contributed by atoms with Crippen LogP contribution in [0.3, 0.4) is 0 Å². The van der Waals surface area contributed by atoms with Crippen LogP contribution in [0.4, 0.5) is 0 Å². The van der Waals surface area contributed by atoms with Crippen LogP contribution in [0.15, 0.2) is 11.6 Å². The van der Waals surface area contributed by atoms with Crippen LogP contribution in [0.2, 0.25) is 19.1 Å². The standard InChI is InChI=1S/C10H18O4Si/c1-5-8(7-9(11)12)10(13)14-15(3,4)6-2/h7H,5-6H2,1-4H3,(H,11,12). The van der Waals surface area contributed by atoms with Gasteiger partial charge in [-0.2, -0.15) is 0 Å². The Hall–Kier alpha value is -1.10. The molecule has 0 radical (unpaired) electrons. The number of carbonyl (C=O) groups is 2. The third kappa shape index (κ3) is 5.36. The Kier molecular flexibility index (Phi) is 5.28. The summed E-state index contributed by atoms with van der Waals surface area (Å²) < 4.78 is 5.31. The normalized spacial score (nSPS) is 12.4. The molecule has 1 N–H and O–H groups in total. The maximum absolute atomic E-state index is 11.6. The highest BCUT2D eigenvalue weighted by atomic mass is 28.4. The van der Waals surface area contributed by atoms with Crippen molar-refractivity contribution >= 4 is 20.3 Å². The van der Waals surface area contributed by atoms with Gasteiger partial charge in [0.15, 0.2) is 0 Å². The Balaban J connectivity index is 4.62.